The summed E-state index contributed by atoms with van der Waals surface area (Å²) < 4.78 is 2.05. The number of nitrogens with one attached hydrogen (secondary N) is 2. The van der Waals surface area contributed by atoms with E-state index < -0.39 is 7.27 Å². The fraction of sp³-hybridized carbons (Fsp3) is 0.529. The number of fused-ring (bicyclic) bond motifs is 1. The number of nitrogens with zero attached hydrogens (tertiary/aromatic N) is 4. The second-order valence-electron chi connectivity index (χ2n) is 13.4. The number of anilines is 2. The molecule has 5 rings (SSSR count). The molecule has 238 valence electrons. The number of aromatic nitrogens is 1. The number of rotatable bonds is 9. The largest absolute Gasteiger partial charge is 0.356 e. The summed E-state index contributed by atoms with van der Waals surface area (Å²) in [5, 5.41) is 8.10. The summed E-state index contributed by atoms with van der Waals surface area (Å²) in [6.07, 6.45) is 2.95. The fourth-order valence-electron chi connectivity index (χ4n) is 6.43. The van der Waals surface area contributed by atoms with Crippen LogP contribution in [0.15, 0.2) is 36.4 Å². The van der Waals surface area contributed by atoms with Crippen molar-refractivity contribution in [3.05, 3.63) is 58.8 Å². The molecule has 2 fully saturated rings. The molecular formula is C34H49N6O2PS. The molecule has 2 N–H and O–H groups in total. The molecular weight excluding hydrogens is 587 g/mol. The molecule has 2 aromatic carbocycles. The van der Waals surface area contributed by atoms with Crippen LogP contribution in [0.25, 0.3) is 10.9 Å². The lowest BCUT2D eigenvalue weighted by atomic mass is 9.85. The van der Waals surface area contributed by atoms with Gasteiger partial charge in [0.25, 0.3) is 5.91 Å². The summed E-state index contributed by atoms with van der Waals surface area (Å²) >= 11 is 1.83. The van der Waals surface area contributed by atoms with E-state index in [0.717, 1.165) is 80.1 Å². The lowest BCUT2D eigenvalue weighted by Crippen LogP contribution is -2.56. The minimum atomic E-state index is -0.416. The molecule has 0 bridgehead atoms. The highest BCUT2D eigenvalue weighted by atomic mass is 32.7. The van der Waals surface area contributed by atoms with Crippen molar-refractivity contribution in [3.63, 3.8) is 0 Å². The minimum absolute atomic E-state index is 0.0563. The van der Waals surface area contributed by atoms with E-state index in [0.29, 0.717) is 11.6 Å². The summed E-state index contributed by atoms with van der Waals surface area (Å²) in [5.41, 5.74) is 7.20. The minimum Gasteiger partial charge on any atom is -0.356 e. The Morgan fingerprint density at radius 1 is 1.02 bits per heavy atom. The van der Waals surface area contributed by atoms with Crippen LogP contribution in [0.1, 0.15) is 54.9 Å². The topological polar surface area (TPSA) is 72.9 Å². The van der Waals surface area contributed by atoms with Gasteiger partial charge in [0.2, 0.25) is 5.91 Å². The number of hydrogen-bond donors (Lipinski definition) is 2. The van der Waals surface area contributed by atoms with Gasteiger partial charge < -0.3 is 24.8 Å². The number of piperazine rings is 1. The van der Waals surface area contributed by atoms with Gasteiger partial charge in [-0.15, -0.1) is 11.4 Å². The molecule has 44 heavy (non-hydrogen) atoms. The first-order valence-corrected chi connectivity index (χ1v) is 19.3. The van der Waals surface area contributed by atoms with Gasteiger partial charge in [-0.1, -0.05) is 45.9 Å². The smallest absolute Gasteiger partial charge is 0.272 e. The van der Waals surface area contributed by atoms with E-state index in [1.54, 1.807) is 0 Å². The molecule has 3 heterocycles. The number of amides is 2. The first kappa shape index (κ1) is 32.8. The predicted molar refractivity (Wildman–Crippen MR) is 188 cm³/mol. The van der Waals surface area contributed by atoms with Gasteiger partial charge >= 0.3 is 0 Å². The van der Waals surface area contributed by atoms with Crippen LogP contribution in [0.5, 0.6) is 0 Å². The van der Waals surface area contributed by atoms with Gasteiger partial charge in [0.05, 0.1) is 11.4 Å². The lowest BCUT2D eigenvalue weighted by molar-refractivity contribution is -0.142. The van der Waals surface area contributed by atoms with Crippen molar-refractivity contribution in [2.45, 2.75) is 46.1 Å². The first-order chi connectivity index (χ1) is 20.9. The van der Waals surface area contributed by atoms with Crippen molar-refractivity contribution in [3.8, 4) is 0 Å². The molecule has 2 saturated heterocycles. The molecule has 3 aromatic rings. The number of likely N-dealkylation sites (tertiary alicyclic amines) is 1. The molecule has 2 aliphatic heterocycles. The average molecular weight is 637 g/mol. The van der Waals surface area contributed by atoms with E-state index in [4.69, 9.17) is 0 Å². The van der Waals surface area contributed by atoms with Gasteiger partial charge in [0, 0.05) is 76.9 Å². The van der Waals surface area contributed by atoms with Crippen molar-refractivity contribution in [1.82, 2.24) is 19.3 Å². The van der Waals surface area contributed by atoms with Crippen molar-refractivity contribution >= 4 is 52.7 Å². The molecule has 2 amide bonds. The molecule has 0 spiro atoms. The van der Waals surface area contributed by atoms with Gasteiger partial charge in [-0.05, 0) is 66.7 Å². The van der Waals surface area contributed by atoms with Crippen molar-refractivity contribution in [2.24, 2.45) is 13.0 Å². The third-order valence-corrected chi connectivity index (χ3v) is 12.2. The van der Waals surface area contributed by atoms with Crippen molar-refractivity contribution in [2.75, 3.05) is 69.6 Å². The Kier molecular flexibility index (Phi) is 10.0. The van der Waals surface area contributed by atoms with Crippen LogP contribution in [-0.2, 0) is 30.2 Å². The molecule has 0 saturated carbocycles. The van der Waals surface area contributed by atoms with E-state index >= 15 is 0 Å². The number of carbonyl (C=O) groups excluding carboxylic acids is 2. The van der Waals surface area contributed by atoms with Gasteiger partial charge in [-0.2, -0.15) is 0 Å². The van der Waals surface area contributed by atoms with Crippen LogP contribution in [0.4, 0.5) is 11.4 Å². The van der Waals surface area contributed by atoms with Crippen LogP contribution in [0, 0.1) is 5.92 Å². The Hall–Kier alpha value is -2.58. The van der Waals surface area contributed by atoms with E-state index in [2.05, 4.69) is 98.2 Å². The number of para-hydroxylation sites is 1. The molecule has 1 unspecified atom stereocenters. The van der Waals surface area contributed by atoms with E-state index in [1.807, 2.05) is 34.0 Å². The maximum absolute atomic E-state index is 13.9. The maximum atomic E-state index is 13.9. The second-order valence-corrected chi connectivity index (χ2v) is 17.7. The monoisotopic (exact) mass is 636 g/mol. The van der Waals surface area contributed by atoms with Gasteiger partial charge in [0.1, 0.15) is 5.69 Å². The third-order valence-electron chi connectivity index (χ3n) is 9.13. The molecule has 1 aromatic heterocycles. The van der Waals surface area contributed by atoms with Crippen molar-refractivity contribution < 1.29 is 9.59 Å². The zero-order valence-electron chi connectivity index (χ0n) is 27.7. The molecule has 10 heteroatoms. The maximum Gasteiger partial charge on any atom is 0.272 e. The Morgan fingerprint density at radius 2 is 1.70 bits per heavy atom. The first-order valence-electron chi connectivity index (χ1n) is 15.7. The zero-order valence-corrected chi connectivity index (χ0v) is 29.4. The number of hydrogen-bond acceptors (Lipinski definition) is 6. The van der Waals surface area contributed by atoms with Gasteiger partial charge in [-0.25, -0.2) is 0 Å². The summed E-state index contributed by atoms with van der Waals surface area (Å²) in [6, 6.07) is 12.8. The van der Waals surface area contributed by atoms with Crippen LogP contribution in [-0.4, -0.2) is 90.3 Å². The Bertz CT molecular complexity index is 1520. The lowest BCUT2D eigenvalue weighted by Gasteiger charge is -2.41. The highest BCUT2D eigenvalue weighted by Gasteiger charge is 2.34. The van der Waals surface area contributed by atoms with Crippen molar-refractivity contribution in [1.29, 1.82) is 0 Å². The summed E-state index contributed by atoms with van der Waals surface area (Å²) in [5.74, 6) is 0.379. The molecule has 8 nitrogen and oxygen atoms in total. The fourth-order valence-corrected chi connectivity index (χ4v) is 7.63. The third kappa shape index (κ3) is 6.96. The van der Waals surface area contributed by atoms with Gasteiger partial charge in [0.15, 0.2) is 0 Å². The Morgan fingerprint density at radius 3 is 2.32 bits per heavy atom. The Balaban J connectivity index is 1.35. The zero-order chi connectivity index (χ0) is 31.8. The molecule has 1 atom stereocenters. The summed E-state index contributed by atoms with van der Waals surface area (Å²) in [6.45, 7) is 16.8. The average Bonchev–Trinajstić information content (AvgIpc) is 3.32. The molecule has 0 aliphatic carbocycles. The quantitative estimate of drug-likeness (QED) is 0.272. The van der Waals surface area contributed by atoms with Crippen LogP contribution in [0.2, 0.25) is 0 Å². The Labute approximate surface area is 268 Å². The highest BCUT2D eigenvalue weighted by molar-refractivity contribution is 8.55. The standard InChI is InChI=1S/C34H49N6O2PS/c1-9-27-28(18-26(34(2,3)4)19-29(27)36-43(7)44-8)35-32(41)30-17-23-11-10-12-24(31(23)38(30)6)22-39-13-15-40(16-14-39)33(42)25-20-37(5)21-25/h10-12,17-19,25,36H,9,13-16,20-22H2,1-8H3,(H,35,41). The predicted octanol–water partition coefficient (Wildman–Crippen LogP) is 6.21. The molecule has 2 aliphatic rings. The highest BCUT2D eigenvalue weighted by Crippen LogP contribution is 2.46. The summed E-state index contributed by atoms with van der Waals surface area (Å²) in [7, 11) is 3.64. The van der Waals surface area contributed by atoms with E-state index in [9.17, 15) is 9.59 Å². The van der Waals surface area contributed by atoms with Crippen LogP contribution < -0.4 is 10.4 Å². The number of carbonyl (C=O) groups is 2. The van der Waals surface area contributed by atoms with E-state index in [1.165, 1.54) is 11.1 Å². The van der Waals surface area contributed by atoms with E-state index in [-0.39, 0.29) is 17.2 Å². The normalized spacial score (nSPS) is 17.5. The SMILES string of the molecule is CCc1c(NC(=O)c2cc3cccc(CN4CCN(C(=O)C5CN(C)C5)CC4)c3n2C)cc(C(C)(C)C)cc1NP(C)SC. The van der Waals surface area contributed by atoms with Crippen LogP contribution in [0.3, 0.4) is 0 Å². The summed E-state index contributed by atoms with van der Waals surface area (Å²) in [4.78, 5) is 33.4. The molecule has 0 radical (unpaired) electrons. The number of aryl methyl sites for hydroxylation is 1. The number of benzene rings is 2. The van der Waals surface area contributed by atoms with Crippen LogP contribution >= 0.6 is 18.7 Å². The van der Waals surface area contributed by atoms with Gasteiger partial charge in [-0.3, -0.25) is 14.5 Å². The second kappa shape index (κ2) is 13.4.